The van der Waals surface area contributed by atoms with Gasteiger partial charge in [-0.1, -0.05) is 0 Å². The predicted molar refractivity (Wildman–Crippen MR) is 112 cm³/mol. The summed E-state index contributed by atoms with van der Waals surface area (Å²) in [6.45, 7) is 0.478. The van der Waals surface area contributed by atoms with Crippen molar-refractivity contribution in [2.75, 3.05) is 20.8 Å². The van der Waals surface area contributed by atoms with E-state index in [9.17, 15) is 18.0 Å². The lowest BCUT2D eigenvalue weighted by Gasteiger charge is -2.35. The molecule has 3 aromatic rings. The van der Waals surface area contributed by atoms with Crippen LogP contribution in [0, 0.1) is 0 Å². The molecule has 6 nitrogen and oxygen atoms in total. The van der Waals surface area contributed by atoms with Crippen molar-refractivity contribution >= 4 is 17.3 Å². The van der Waals surface area contributed by atoms with E-state index in [0.29, 0.717) is 31.4 Å². The van der Waals surface area contributed by atoms with Crippen LogP contribution in [0.3, 0.4) is 0 Å². The number of amides is 1. The molecule has 0 unspecified atom stereocenters. The summed E-state index contributed by atoms with van der Waals surface area (Å²) in [6.07, 6.45) is -0.515. The number of aryl methyl sites for hydroxylation is 1. The average Bonchev–Trinajstić information content (AvgIpc) is 3.17. The fourth-order valence-corrected chi connectivity index (χ4v) is 4.32. The van der Waals surface area contributed by atoms with Gasteiger partial charge < -0.3 is 24.1 Å². The van der Waals surface area contributed by atoms with Gasteiger partial charge in [-0.15, -0.1) is 13.2 Å². The minimum atomic E-state index is -4.85. The van der Waals surface area contributed by atoms with Gasteiger partial charge in [0, 0.05) is 23.6 Å². The number of halogens is 3. The van der Waals surface area contributed by atoms with Crippen LogP contribution in [0.2, 0.25) is 0 Å². The zero-order chi connectivity index (χ0) is 22.9. The van der Waals surface area contributed by atoms with Crippen LogP contribution >= 0.6 is 0 Å². The Hall–Kier alpha value is -3.36. The largest absolute Gasteiger partial charge is 0.573 e. The smallest absolute Gasteiger partial charge is 0.497 e. The molecule has 1 amide bonds. The third-order valence-corrected chi connectivity index (χ3v) is 5.85. The quantitative estimate of drug-likeness (QED) is 0.529. The second-order valence-electron chi connectivity index (χ2n) is 7.62. The van der Waals surface area contributed by atoms with Crippen LogP contribution in [0.1, 0.15) is 29.2 Å². The number of aromatic nitrogens is 1. The zero-order valence-corrected chi connectivity index (χ0v) is 17.7. The summed E-state index contributed by atoms with van der Waals surface area (Å²) in [6, 6.07) is 8.27. The lowest BCUT2D eigenvalue weighted by atomic mass is 9.88. The number of H-pyrrole nitrogens is 1. The topological polar surface area (TPSA) is 63.8 Å². The Morgan fingerprint density at radius 3 is 2.66 bits per heavy atom. The summed E-state index contributed by atoms with van der Waals surface area (Å²) >= 11 is 0. The summed E-state index contributed by atoms with van der Waals surface area (Å²) in [4.78, 5) is 16.6. The minimum absolute atomic E-state index is 0.0168. The minimum Gasteiger partial charge on any atom is -0.497 e. The summed E-state index contributed by atoms with van der Waals surface area (Å²) < 4.78 is 53.4. The molecule has 2 aromatic carbocycles. The zero-order valence-electron chi connectivity index (χ0n) is 17.7. The van der Waals surface area contributed by atoms with Gasteiger partial charge in [0.05, 0.1) is 20.3 Å². The fourth-order valence-electron chi connectivity index (χ4n) is 4.32. The highest BCUT2D eigenvalue weighted by Gasteiger charge is 2.35. The number of hydrogen-bond donors (Lipinski definition) is 1. The number of carbonyl (C=O) groups is 1. The van der Waals surface area contributed by atoms with Crippen LogP contribution in [0.4, 0.5) is 13.2 Å². The average molecular weight is 448 g/mol. The van der Waals surface area contributed by atoms with Crippen molar-refractivity contribution in [3.05, 3.63) is 53.2 Å². The number of hydrogen-bond acceptors (Lipinski definition) is 4. The SMILES string of the molecule is COc1ccc2[nH]cc(CC[C@H]3c4cc(OC(F)(F)F)c(OC)cc4CCN3C=O)c2c1. The highest BCUT2D eigenvalue weighted by molar-refractivity contribution is 5.84. The van der Waals surface area contributed by atoms with E-state index in [0.717, 1.165) is 34.2 Å². The van der Waals surface area contributed by atoms with Crippen LogP contribution in [-0.4, -0.2) is 43.4 Å². The Morgan fingerprint density at radius 2 is 1.97 bits per heavy atom. The maximum atomic E-state index is 12.9. The van der Waals surface area contributed by atoms with E-state index in [1.807, 2.05) is 24.4 Å². The lowest BCUT2D eigenvalue weighted by molar-refractivity contribution is -0.275. The van der Waals surface area contributed by atoms with E-state index in [2.05, 4.69) is 9.72 Å². The summed E-state index contributed by atoms with van der Waals surface area (Å²) in [5.74, 6) is 0.341. The molecule has 1 N–H and O–H groups in total. The molecule has 1 atom stereocenters. The van der Waals surface area contributed by atoms with E-state index in [-0.39, 0.29) is 11.8 Å². The lowest BCUT2D eigenvalue weighted by Crippen LogP contribution is -2.35. The molecule has 4 rings (SSSR count). The number of benzene rings is 2. The number of nitrogens with one attached hydrogen (secondary N) is 1. The van der Waals surface area contributed by atoms with Gasteiger partial charge in [0.2, 0.25) is 6.41 Å². The highest BCUT2D eigenvalue weighted by Crippen LogP contribution is 2.41. The number of aromatic amines is 1. The summed E-state index contributed by atoms with van der Waals surface area (Å²) in [5.41, 5.74) is 3.49. The molecule has 1 aliphatic heterocycles. The monoisotopic (exact) mass is 448 g/mol. The van der Waals surface area contributed by atoms with Crippen molar-refractivity contribution in [3.63, 3.8) is 0 Å². The molecule has 1 aromatic heterocycles. The maximum Gasteiger partial charge on any atom is 0.573 e. The van der Waals surface area contributed by atoms with Gasteiger partial charge in [-0.25, -0.2) is 0 Å². The first-order valence-electron chi connectivity index (χ1n) is 10.1. The van der Waals surface area contributed by atoms with Gasteiger partial charge >= 0.3 is 6.36 Å². The molecule has 0 bridgehead atoms. The number of alkyl halides is 3. The van der Waals surface area contributed by atoms with E-state index < -0.39 is 12.1 Å². The Labute approximate surface area is 182 Å². The maximum absolute atomic E-state index is 12.9. The van der Waals surface area contributed by atoms with Crippen molar-refractivity contribution in [2.24, 2.45) is 0 Å². The van der Waals surface area contributed by atoms with Gasteiger partial charge in [-0.2, -0.15) is 0 Å². The van der Waals surface area contributed by atoms with Crippen molar-refractivity contribution in [2.45, 2.75) is 31.7 Å². The van der Waals surface area contributed by atoms with Crippen molar-refractivity contribution in [1.82, 2.24) is 9.88 Å². The molecule has 1 aliphatic rings. The third kappa shape index (κ3) is 4.32. The first-order valence-corrected chi connectivity index (χ1v) is 10.1. The van der Waals surface area contributed by atoms with Crippen molar-refractivity contribution in [1.29, 1.82) is 0 Å². The predicted octanol–water partition coefficient (Wildman–Crippen LogP) is 4.77. The normalized spacial score (nSPS) is 16.0. The molecule has 0 radical (unpaired) electrons. The molecule has 0 fully saturated rings. The van der Waals surface area contributed by atoms with Crippen LogP contribution in [0.15, 0.2) is 36.5 Å². The molecular formula is C23H23F3N2O4. The Kier molecular flexibility index (Phi) is 5.90. The molecule has 0 saturated heterocycles. The van der Waals surface area contributed by atoms with E-state index in [1.165, 1.54) is 13.2 Å². The summed E-state index contributed by atoms with van der Waals surface area (Å²) in [5, 5.41) is 1.01. The second-order valence-corrected chi connectivity index (χ2v) is 7.62. The molecular weight excluding hydrogens is 425 g/mol. The first-order chi connectivity index (χ1) is 15.3. The van der Waals surface area contributed by atoms with Crippen LogP contribution < -0.4 is 14.2 Å². The molecule has 170 valence electrons. The van der Waals surface area contributed by atoms with Crippen LogP contribution in [-0.2, 0) is 17.6 Å². The molecule has 2 heterocycles. The molecule has 0 spiro atoms. The Bertz CT molecular complexity index is 1130. The number of rotatable bonds is 7. The summed E-state index contributed by atoms with van der Waals surface area (Å²) in [7, 11) is 2.90. The van der Waals surface area contributed by atoms with Gasteiger partial charge in [-0.05, 0) is 66.3 Å². The fraction of sp³-hybridized carbons (Fsp3) is 0.348. The van der Waals surface area contributed by atoms with Gasteiger partial charge in [0.1, 0.15) is 5.75 Å². The van der Waals surface area contributed by atoms with Crippen LogP contribution in [0.25, 0.3) is 10.9 Å². The van der Waals surface area contributed by atoms with Gasteiger partial charge in [-0.3, -0.25) is 4.79 Å². The molecule has 0 aliphatic carbocycles. The molecule has 9 heteroatoms. The second kappa shape index (κ2) is 8.64. The van der Waals surface area contributed by atoms with Gasteiger partial charge in [0.15, 0.2) is 11.5 Å². The number of ether oxygens (including phenoxy) is 3. The van der Waals surface area contributed by atoms with Crippen molar-refractivity contribution in [3.8, 4) is 17.2 Å². The first kappa shape index (κ1) is 21.9. The number of carbonyl (C=O) groups excluding carboxylic acids is 1. The molecule has 32 heavy (non-hydrogen) atoms. The van der Waals surface area contributed by atoms with Gasteiger partial charge in [0.25, 0.3) is 0 Å². The third-order valence-electron chi connectivity index (χ3n) is 5.85. The number of methoxy groups -OCH3 is 2. The number of nitrogens with zero attached hydrogens (tertiary/aromatic N) is 1. The molecule has 0 saturated carbocycles. The van der Waals surface area contributed by atoms with Crippen LogP contribution in [0.5, 0.6) is 17.2 Å². The highest BCUT2D eigenvalue weighted by atomic mass is 19.4. The van der Waals surface area contributed by atoms with Crippen molar-refractivity contribution < 1.29 is 32.2 Å². The standard InChI is InChI=1S/C23H23F3N2O4/c1-30-16-4-5-19-17(10-16)15(12-27-19)3-6-20-18-11-22(32-23(24,25)26)21(31-2)9-14(18)7-8-28(20)13-29/h4-5,9-13,20,27H,3,6-8H2,1-2H3/t20-/m0/s1. The number of fused-ring (bicyclic) bond motifs is 2. The van der Waals surface area contributed by atoms with E-state index in [4.69, 9.17) is 9.47 Å². The Morgan fingerprint density at radius 1 is 1.16 bits per heavy atom. The van der Waals surface area contributed by atoms with E-state index in [1.54, 1.807) is 18.1 Å². The van der Waals surface area contributed by atoms with E-state index >= 15 is 0 Å². The Balaban J connectivity index is 1.66.